The fourth-order valence-corrected chi connectivity index (χ4v) is 2.38. The fraction of sp³-hybridized carbons (Fsp3) is 1.00. The number of hydrogen-bond donors (Lipinski definition) is 1. The van der Waals surface area contributed by atoms with Crippen LogP contribution in [0.2, 0.25) is 0 Å². The summed E-state index contributed by atoms with van der Waals surface area (Å²) in [5.74, 6) is 2.36. The Morgan fingerprint density at radius 2 is 1.91 bits per heavy atom. The van der Waals surface area contributed by atoms with Gasteiger partial charge in [0.2, 0.25) is 0 Å². The van der Waals surface area contributed by atoms with Crippen molar-refractivity contribution in [2.24, 2.45) is 17.8 Å². The molecule has 1 saturated carbocycles. The minimum absolute atomic E-state index is 0.0139. The van der Waals surface area contributed by atoms with Crippen molar-refractivity contribution in [1.82, 2.24) is 0 Å². The van der Waals surface area contributed by atoms with Crippen LogP contribution in [0.4, 0.5) is 0 Å². The molecule has 0 aliphatic heterocycles. The van der Waals surface area contributed by atoms with Crippen LogP contribution in [0.15, 0.2) is 0 Å². The maximum absolute atomic E-state index is 9.38. The Labute approximate surface area is 69.8 Å². The van der Waals surface area contributed by atoms with Crippen molar-refractivity contribution < 1.29 is 5.11 Å². The van der Waals surface area contributed by atoms with Gasteiger partial charge >= 0.3 is 0 Å². The Morgan fingerprint density at radius 1 is 1.27 bits per heavy atom. The van der Waals surface area contributed by atoms with Gasteiger partial charge in [-0.1, -0.05) is 20.8 Å². The second kappa shape index (κ2) is 3.57. The average molecular weight is 156 g/mol. The number of hydrogen-bond acceptors (Lipinski definition) is 1. The largest absolute Gasteiger partial charge is 0.393 e. The highest BCUT2D eigenvalue weighted by atomic mass is 16.3. The van der Waals surface area contributed by atoms with Crippen LogP contribution in [0.25, 0.3) is 0 Å². The molecule has 0 bridgehead atoms. The molecule has 3 atom stereocenters. The van der Waals surface area contributed by atoms with Crippen molar-refractivity contribution in [3.8, 4) is 0 Å². The number of aliphatic hydroxyl groups is 1. The Kier molecular flexibility index (Phi) is 2.94. The van der Waals surface area contributed by atoms with Gasteiger partial charge in [0.05, 0.1) is 6.10 Å². The standard InChI is InChI=1S/C10H20O/c1-7(2)10-5-4-9(11)6-8(10)3/h7-11H,4-6H2,1-3H3/t8?,9?,10-/m1/s1. The van der Waals surface area contributed by atoms with Crippen LogP contribution in [0.1, 0.15) is 40.0 Å². The summed E-state index contributed by atoms with van der Waals surface area (Å²) in [6, 6.07) is 0. The highest BCUT2D eigenvalue weighted by molar-refractivity contribution is 4.78. The minimum Gasteiger partial charge on any atom is -0.393 e. The van der Waals surface area contributed by atoms with Crippen molar-refractivity contribution in [2.75, 3.05) is 0 Å². The van der Waals surface area contributed by atoms with E-state index in [2.05, 4.69) is 20.8 Å². The van der Waals surface area contributed by atoms with E-state index in [-0.39, 0.29) is 6.10 Å². The van der Waals surface area contributed by atoms with Gasteiger partial charge in [-0.05, 0) is 37.0 Å². The summed E-state index contributed by atoms with van der Waals surface area (Å²) in [6.45, 7) is 6.85. The quantitative estimate of drug-likeness (QED) is 0.618. The highest BCUT2D eigenvalue weighted by Crippen LogP contribution is 2.34. The lowest BCUT2D eigenvalue weighted by atomic mass is 9.73. The van der Waals surface area contributed by atoms with Crippen LogP contribution in [0, 0.1) is 17.8 Å². The van der Waals surface area contributed by atoms with Gasteiger partial charge < -0.3 is 5.11 Å². The molecule has 1 aliphatic rings. The van der Waals surface area contributed by atoms with E-state index >= 15 is 0 Å². The maximum atomic E-state index is 9.38. The molecular weight excluding hydrogens is 136 g/mol. The van der Waals surface area contributed by atoms with Crippen LogP contribution in [0.3, 0.4) is 0 Å². The lowest BCUT2D eigenvalue weighted by Crippen LogP contribution is -2.28. The second-order valence-electron chi connectivity index (χ2n) is 4.35. The summed E-state index contributed by atoms with van der Waals surface area (Å²) in [4.78, 5) is 0. The first-order valence-electron chi connectivity index (χ1n) is 4.79. The molecule has 0 amide bonds. The molecule has 1 N–H and O–H groups in total. The molecule has 0 heterocycles. The SMILES string of the molecule is CC(C)[C@H]1CCC(O)CC1C. The number of aliphatic hydroxyl groups excluding tert-OH is 1. The summed E-state index contributed by atoms with van der Waals surface area (Å²) < 4.78 is 0. The van der Waals surface area contributed by atoms with E-state index < -0.39 is 0 Å². The zero-order chi connectivity index (χ0) is 8.43. The van der Waals surface area contributed by atoms with Crippen molar-refractivity contribution in [2.45, 2.75) is 46.1 Å². The van der Waals surface area contributed by atoms with Crippen LogP contribution >= 0.6 is 0 Å². The summed E-state index contributed by atoms with van der Waals surface area (Å²) >= 11 is 0. The third kappa shape index (κ3) is 2.19. The van der Waals surface area contributed by atoms with E-state index in [9.17, 15) is 5.11 Å². The summed E-state index contributed by atoms with van der Waals surface area (Å²) in [5, 5.41) is 9.38. The van der Waals surface area contributed by atoms with Crippen LogP contribution in [-0.4, -0.2) is 11.2 Å². The topological polar surface area (TPSA) is 20.2 Å². The normalized spacial score (nSPS) is 39.5. The molecule has 66 valence electrons. The first kappa shape index (κ1) is 9.05. The molecule has 2 unspecified atom stereocenters. The first-order chi connectivity index (χ1) is 5.11. The summed E-state index contributed by atoms with van der Waals surface area (Å²) in [6.07, 6.45) is 3.25. The molecule has 0 aromatic rings. The van der Waals surface area contributed by atoms with E-state index in [1.54, 1.807) is 0 Å². The van der Waals surface area contributed by atoms with Crippen molar-refractivity contribution >= 4 is 0 Å². The molecule has 1 heteroatoms. The summed E-state index contributed by atoms with van der Waals surface area (Å²) in [5.41, 5.74) is 0. The van der Waals surface area contributed by atoms with Crippen LogP contribution in [-0.2, 0) is 0 Å². The lowest BCUT2D eigenvalue weighted by molar-refractivity contribution is 0.0595. The predicted octanol–water partition coefficient (Wildman–Crippen LogP) is 2.44. The smallest absolute Gasteiger partial charge is 0.0543 e. The molecule has 0 radical (unpaired) electrons. The van der Waals surface area contributed by atoms with Crippen LogP contribution < -0.4 is 0 Å². The maximum Gasteiger partial charge on any atom is 0.0543 e. The zero-order valence-corrected chi connectivity index (χ0v) is 7.88. The molecule has 1 rings (SSSR count). The average Bonchev–Trinajstić information content (AvgIpc) is 1.85. The molecule has 0 spiro atoms. The number of rotatable bonds is 1. The molecule has 11 heavy (non-hydrogen) atoms. The molecule has 0 aromatic carbocycles. The van der Waals surface area contributed by atoms with Gasteiger partial charge in [-0.3, -0.25) is 0 Å². The van der Waals surface area contributed by atoms with Gasteiger partial charge in [0.1, 0.15) is 0 Å². The third-order valence-corrected chi connectivity index (χ3v) is 3.06. The lowest BCUT2D eigenvalue weighted by Gasteiger charge is -2.34. The Bertz CT molecular complexity index is 120. The Balaban J connectivity index is 2.44. The molecule has 1 nitrogen and oxygen atoms in total. The van der Waals surface area contributed by atoms with Crippen molar-refractivity contribution in [1.29, 1.82) is 0 Å². The van der Waals surface area contributed by atoms with Gasteiger partial charge in [0.15, 0.2) is 0 Å². The third-order valence-electron chi connectivity index (χ3n) is 3.06. The van der Waals surface area contributed by atoms with Gasteiger partial charge in [-0.15, -0.1) is 0 Å². The van der Waals surface area contributed by atoms with E-state index in [1.807, 2.05) is 0 Å². The fourth-order valence-electron chi connectivity index (χ4n) is 2.38. The van der Waals surface area contributed by atoms with E-state index in [0.717, 1.165) is 30.6 Å². The second-order valence-corrected chi connectivity index (χ2v) is 4.35. The zero-order valence-electron chi connectivity index (χ0n) is 7.88. The van der Waals surface area contributed by atoms with E-state index in [1.165, 1.54) is 6.42 Å². The Hall–Kier alpha value is -0.0400. The van der Waals surface area contributed by atoms with Gasteiger partial charge in [-0.2, -0.15) is 0 Å². The van der Waals surface area contributed by atoms with Gasteiger partial charge in [0.25, 0.3) is 0 Å². The molecular formula is C10H20O. The van der Waals surface area contributed by atoms with E-state index in [4.69, 9.17) is 0 Å². The van der Waals surface area contributed by atoms with E-state index in [0.29, 0.717) is 0 Å². The Morgan fingerprint density at radius 3 is 2.36 bits per heavy atom. The highest BCUT2D eigenvalue weighted by Gasteiger charge is 2.27. The monoisotopic (exact) mass is 156 g/mol. The molecule has 0 aromatic heterocycles. The predicted molar refractivity (Wildman–Crippen MR) is 47.3 cm³/mol. The molecule has 1 fully saturated rings. The first-order valence-corrected chi connectivity index (χ1v) is 4.79. The van der Waals surface area contributed by atoms with Crippen molar-refractivity contribution in [3.63, 3.8) is 0 Å². The van der Waals surface area contributed by atoms with Gasteiger partial charge in [-0.25, -0.2) is 0 Å². The summed E-state index contributed by atoms with van der Waals surface area (Å²) in [7, 11) is 0. The van der Waals surface area contributed by atoms with Crippen LogP contribution in [0.5, 0.6) is 0 Å². The van der Waals surface area contributed by atoms with Crippen molar-refractivity contribution in [3.05, 3.63) is 0 Å². The minimum atomic E-state index is -0.0139. The van der Waals surface area contributed by atoms with Gasteiger partial charge in [0, 0.05) is 0 Å². The molecule has 1 aliphatic carbocycles. The molecule has 0 saturated heterocycles.